The number of rotatable bonds is 4. The van der Waals surface area contributed by atoms with Gasteiger partial charge in [-0.05, 0) is 18.2 Å². The van der Waals surface area contributed by atoms with Crippen molar-refractivity contribution < 1.29 is 4.79 Å². The number of hydrogen-bond acceptors (Lipinski definition) is 3. The second-order valence-electron chi connectivity index (χ2n) is 3.37. The number of nitrogens with zero attached hydrogens (tertiary/aromatic N) is 3. The molecule has 1 amide bonds. The van der Waals surface area contributed by atoms with Gasteiger partial charge in [0.25, 0.3) is 5.91 Å². The average molecular weight is 251 g/mol. The lowest BCUT2D eigenvalue weighted by Crippen LogP contribution is -2.27. The van der Waals surface area contributed by atoms with Crippen LogP contribution in [0, 0.1) is 0 Å². The second kappa shape index (κ2) is 5.45. The Labute approximate surface area is 103 Å². The molecule has 2 aromatic rings. The fourth-order valence-electron chi connectivity index (χ4n) is 1.37. The van der Waals surface area contributed by atoms with E-state index < -0.39 is 0 Å². The lowest BCUT2D eigenvalue weighted by Gasteiger charge is -2.06. The van der Waals surface area contributed by atoms with Crippen LogP contribution >= 0.6 is 11.6 Å². The van der Waals surface area contributed by atoms with Gasteiger partial charge in [0.15, 0.2) is 0 Å². The van der Waals surface area contributed by atoms with Gasteiger partial charge in [0, 0.05) is 25.1 Å². The molecule has 0 radical (unpaired) electrons. The molecule has 5 nitrogen and oxygen atoms in total. The summed E-state index contributed by atoms with van der Waals surface area (Å²) < 4.78 is 1.74. The number of halogens is 1. The van der Waals surface area contributed by atoms with Crippen LogP contribution in [0.25, 0.3) is 0 Å². The van der Waals surface area contributed by atoms with E-state index in [1.54, 1.807) is 29.2 Å². The molecule has 0 aliphatic carbocycles. The predicted molar refractivity (Wildman–Crippen MR) is 63.8 cm³/mol. The summed E-state index contributed by atoms with van der Waals surface area (Å²) in [5.41, 5.74) is 0.384. The fourth-order valence-corrected chi connectivity index (χ4v) is 1.57. The third-order valence-corrected chi connectivity index (χ3v) is 2.49. The molecule has 0 unspecified atom stereocenters. The summed E-state index contributed by atoms with van der Waals surface area (Å²) >= 11 is 5.81. The highest BCUT2D eigenvalue weighted by molar-refractivity contribution is 6.32. The molecule has 0 spiro atoms. The van der Waals surface area contributed by atoms with Gasteiger partial charge in [-0.2, -0.15) is 5.10 Å². The zero-order chi connectivity index (χ0) is 12.1. The maximum atomic E-state index is 11.7. The Morgan fingerprint density at radius 1 is 1.41 bits per heavy atom. The van der Waals surface area contributed by atoms with Crippen molar-refractivity contribution in [2.24, 2.45) is 0 Å². The van der Waals surface area contributed by atoms with Gasteiger partial charge in [-0.15, -0.1) is 0 Å². The zero-order valence-electron chi connectivity index (χ0n) is 9.01. The molecule has 1 N–H and O–H groups in total. The van der Waals surface area contributed by atoms with E-state index in [9.17, 15) is 4.79 Å². The highest BCUT2D eigenvalue weighted by atomic mass is 35.5. The summed E-state index contributed by atoms with van der Waals surface area (Å²) in [6, 6.07) is 5.15. The van der Waals surface area contributed by atoms with Crippen molar-refractivity contribution >= 4 is 17.5 Å². The smallest absolute Gasteiger partial charge is 0.254 e. The molecule has 0 fully saturated rings. The summed E-state index contributed by atoms with van der Waals surface area (Å²) in [4.78, 5) is 15.6. The molecule has 2 heterocycles. The Balaban J connectivity index is 1.88. The van der Waals surface area contributed by atoms with E-state index >= 15 is 0 Å². The topological polar surface area (TPSA) is 59.8 Å². The average Bonchev–Trinajstić information content (AvgIpc) is 2.82. The zero-order valence-corrected chi connectivity index (χ0v) is 9.76. The molecule has 0 bridgehead atoms. The van der Waals surface area contributed by atoms with Gasteiger partial charge in [0.05, 0.1) is 12.1 Å². The first-order valence-electron chi connectivity index (χ1n) is 5.13. The molecule has 0 atom stereocenters. The minimum absolute atomic E-state index is 0.212. The molecule has 0 aliphatic rings. The van der Waals surface area contributed by atoms with E-state index in [-0.39, 0.29) is 11.1 Å². The van der Waals surface area contributed by atoms with Crippen LogP contribution in [-0.4, -0.2) is 27.2 Å². The summed E-state index contributed by atoms with van der Waals surface area (Å²) in [5, 5.41) is 7.00. The molecule has 0 saturated carbocycles. The van der Waals surface area contributed by atoms with Gasteiger partial charge in [0.1, 0.15) is 5.15 Å². The maximum absolute atomic E-state index is 11.7. The normalized spacial score (nSPS) is 10.2. The van der Waals surface area contributed by atoms with Crippen molar-refractivity contribution in [1.29, 1.82) is 0 Å². The van der Waals surface area contributed by atoms with E-state index in [1.807, 2.05) is 12.3 Å². The Kier molecular flexibility index (Phi) is 3.72. The van der Waals surface area contributed by atoms with E-state index in [2.05, 4.69) is 15.4 Å². The number of carbonyl (C=O) groups is 1. The van der Waals surface area contributed by atoms with Crippen molar-refractivity contribution in [3.63, 3.8) is 0 Å². The third-order valence-electron chi connectivity index (χ3n) is 2.19. The summed E-state index contributed by atoms with van der Waals surface area (Å²) in [7, 11) is 0. The predicted octanol–water partition coefficient (Wildman–Crippen LogP) is 1.36. The van der Waals surface area contributed by atoms with Crippen molar-refractivity contribution in [2.45, 2.75) is 6.54 Å². The van der Waals surface area contributed by atoms with E-state index in [0.717, 1.165) is 0 Å². The van der Waals surface area contributed by atoms with E-state index in [4.69, 9.17) is 11.6 Å². The standard InChI is InChI=1S/C11H11ClN4O/c12-10-9(3-1-4-13-10)11(17)14-6-8-16-7-2-5-15-16/h1-5,7H,6,8H2,(H,14,17). The van der Waals surface area contributed by atoms with Crippen molar-refractivity contribution in [1.82, 2.24) is 20.1 Å². The first-order chi connectivity index (χ1) is 8.27. The number of hydrogen-bond donors (Lipinski definition) is 1. The van der Waals surface area contributed by atoms with Crippen LogP contribution in [0.2, 0.25) is 5.15 Å². The van der Waals surface area contributed by atoms with Crippen LogP contribution in [0.5, 0.6) is 0 Å². The highest BCUT2D eigenvalue weighted by Gasteiger charge is 2.09. The minimum atomic E-state index is -0.227. The van der Waals surface area contributed by atoms with Crippen LogP contribution < -0.4 is 5.32 Å². The van der Waals surface area contributed by atoms with E-state index in [0.29, 0.717) is 18.7 Å². The van der Waals surface area contributed by atoms with Crippen LogP contribution in [-0.2, 0) is 6.54 Å². The second-order valence-corrected chi connectivity index (χ2v) is 3.72. The summed E-state index contributed by atoms with van der Waals surface area (Å²) in [6.07, 6.45) is 5.08. The molecular weight excluding hydrogens is 240 g/mol. The fraction of sp³-hybridized carbons (Fsp3) is 0.182. The van der Waals surface area contributed by atoms with Gasteiger partial charge >= 0.3 is 0 Å². The highest BCUT2D eigenvalue weighted by Crippen LogP contribution is 2.10. The van der Waals surface area contributed by atoms with Gasteiger partial charge in [-0.1, -0.05) is 11.6 Å². The van der Waals surface area contributed by atoms with Gasteiger partial charge in [-0.25, -0.2) is 4.98 Å². The molecule has 0 aliphatic heterocycles. The van der Waals surface area contributed by atoms with Crippen LogP contribution in [0.1, 0.15) is 10.4 Å². The number of aromatic nitrogens is 3. The molecule has 2 rings (SSSR count). The Morgan fingerprint density at radius 3 is 3.00 bits per heavy atom. The molecule has 6 heteroatoms. The summed E-state index contributed by atoms with van der Waals surface area (Å²) in [6.45, 7) is 1.11. The SMILES string of the molecule is O=C(NCCn1cccn1)c1cccnc1Cl. The third kappa shape index (κ3) is 3.04. The monoisotopic (exact) mass is 250 g/mol. The van der Waals surface area contributed by atoms with Gasteiger partial charge < -0.3 is 5.32 Å². The number of pyridine rings is 1. The largest absolute Gasteiger partial charge is 0.350 e. The first kappa shape index (κ1) is 11.6. The van der Waals surface area contributed by atoms with Crippen molar-refractivity contribution in [2.75, 3.05) is 6.54 Å². The van der Waals surface area contributed by atoms with Gasteiger partial charge in [-0.3, -0.25) is 9.48 Å². The number of carbonyl (C=O) groups excluding carboxylic acids is 1. The number of amides is 1. The molecule has 17 heavy (non-hydrogen) atoms. The van der Waals surface area contributed by atoms with Crippen molar-refractivity contribution in [3.05, 3.63) is 47.5 Å². The molecule has 88 valence electrons. The van der Waals surface area contributed by atoms with Gasteiger partial charge in [0.2, 0.25) is 0 Å². The van der Waals surface area contributed by atoms with Crippen LogP contribution in [0.4, 0.5) is 0 Å². The Bertz CT molecular complexity index is 498. The van der Waals surface area contributed by atoms with Crippen molar-refractivity contribution in [3.8, 4) is 0 Å². The molecular formula is C11H11ClN4O. The first-order valence-corrected chi connectivity index (χ1v) is 5.51. The maximum Gasteiger partial charge on any atom is 0.254 e. The van der Waals surface area contributed by atoms with Crippen LogP contribution in [0.3, 0.4) is 0 Å². The van der Waals surface area contributed by atoms with E-state index in [1.165, 1.54) is 0 Å². The Hall–Kier alpha value is -1.88. The Morgan fingerprint density at radius 2 is 2.29 bits per heavy atom. The summed E-state index contributed by atoms with van der Waals surface area (Å²) in [5.74, 6) is -0.227. The quantitative estimate of drug-likeness (QED) is 0.834. The molecule has 2 aromatic heterocycles. The van der Waals surface area contributed by atoms with Crippen LogP contribution in [0.15, 0.2) is 36.8 Å². The minimum Gasteiger partial charge on any atom is -0.350 e. The molecule has 0 aromatic carbocycles. The lowest BCUT2D eigenvalue weighted by molar-refractivity contribution is 0.0951. The molecule has 0 saturated heterocycles. The lowest BCUT2D eigenvalue weighted by atomic mass is 10.2. The number of nitrogens with one attached hydrogen (secondary N) is 1.